The van der Waals surface area contributed by atoms with Crippen molar-refractivity contribution < 1.29 is 42.9 Å². The Labute approximate surface area is 608 Å². The number of esters is 2. The molecule has 0 aromatic heterocycles. The van der Waals surface area contributed by atoms with Crippen LogP contribution in [0.15, 0.2) is 85.1 Å². The molecule has 9 heteroatoms. The van der Waals surface area contributed by atoms with Crippen LogP contribution >= 0.6 is 0 Å². The van der Waals surface area contributed by atoms with Crippen molar-refractivity contribution in [2.45, 2.75) is 418 Å². The van der Waals surface area contributed by atoms with Crippen molar-refractivity contribution in [2.75, 3.05) is 47.5 Å². The second kappa shape index (κ2) is 79.2. The Balaban J connectivity index is 3.97. The van der Waals surface area contributed by atoms with E-state index in [1.54, 1.807) is 0 Å². The summed E-state index contributed by atoms with van der Waals surface area (Å²) in [6, 6.07) is 0. The van der Waals surface area contributed by atoms with Crippen molar-refractivity contribution in [2.24, 2.45) is 0 Å². The number of carbonyl (C=O) groups is 3. The third-order valence-corrected chi connectivity index (χ3v) is 18.9. The lowest BCUT2D eigenvalue weighted by molar-refractivity contribution is -0.870. The lowest BCUT2D eigenvalue weighted by Crippen LogP contribution is -2.44. The lowest BCUT2D eigenvalue weighted by atomic mass is 10.0. The number of hydrogen-bond donors (Lipinski definition) is 0. The molecule has 0 saturated heterocycles. The van der Waals surface area contributed by atoms with E-state index in [1.807, 2.05) is 21.1 Å². The van der Waals surface area contributed by atoms with Gasteiger partial charge in [-0.1, -0.05) is 407 Å². The second-order valence-corrected chi connectivity index (χ2v) is 29.8. The maximum absolute atomic E-state index is 13.0. The minimum absolute atomic E-state index is 0.149. The van der Waals surface area contributed by atoms with E-state index in [1.165, 1.54) is 295 Å². The summed E-state index contributed by atoms with van der Waals surface area (Å²) in [5.74, 6) is -2.26. The SMILES string of the molecule is CC/C=C\C/C=C\C/C=C\C/C=C\C/C=C\C/C=C\C/C=C\CCCCCCCCCCCCCCCCCCCC(=O)OC(COC(=O)CCCCCCCCCCCCCCCCCCCCCCCCCCCCCCCCCCCC)COC(OCC[N+](C)(C)C)C(=O)[O-]. The fourth-order valence-electron chi connectivity index (χ4n) is 12.5. The van der Waals surface area contributed by atoms with Crippen molar-refractivity contribution in [3.8, 4) is 0 Å². The molecule has 98 heavy (non-hydrogen) atoms. The molecule has 570 valence electrons. The molecule has 9 nitrogen and oxygen atoms in total. The van der Waals surface area contributed by atoms with Gasteiger partial charge in [0.2, 0.25) is 0 Å². The number of carbonyl (C=O) groups excluding carboxylic acids is 3. The van der Waals surface area contributed by atoms with Crippen LogP contribution in [0.5, 0.6) is 0 Å². The molecule has 0 N–H and O–H groups in total. The summed E-state index contributed by atoms with van der Waals surface area (Å²) in [5, 5.41) is 11.9. The average molecular weight is 1370 g/mol. The van der Waals surface area contributed by atoms with Gasteiger partial charge in [0, 0.05) is 12.8 Å². The molecule has 0 aromatic carbocycles. The number of carboxylic acids is 1. The first-order chi connectivity index (χ1) is 48.1. The zero-order valence-electron chi connectivity index (χ0n) is 65.4. The Kier molecular flexibility index (Phi) is 76.3. The molecule has 0 aliphatic heterocycles. The fourth-order valence-corrected chi connectivity index (χ4v) is 12.5. The van der Waals surface area contributed by atoms with Gasteiger partial charge < -0.3 is 33.3 Å². The van der Waals surface area contributed by atoms with E-state index >= 15 is 0 Å². The molecule has 0 saturated carbocycles. The first-order valence-electron chi connectivity index (χ1n) is 42.2. The summed E-state index contributed by atoms with van der Waals surface area (Å²) in [5.41, 5.74) is 0. The zero-order valence-corrected chi connectivity index (χ0v) is 65.4. The van der Waals surface area contributed by atoms with E-state index < -0.39 is 24.3 Å². The van der Waals surface area contributed by atoms with Gasteiger partial charge >= 0.3 is 11.9 Å². The number of hydrogen-bond acceptors (Lipinski definition) is 8. The van der Waals surface area contributed by atoms with Crippen molar-refractivity contribution in [1.29, 1.82) is 0 Å². The minimum Gasteiger partial charge on any atom is -0.545 e. The average Bonchev–Trinajstić information content (AvgIpc) is 1.38. The Morgan fingerprint density at radius 1 is 0.316 bits per heavy atom. The third-order valence-electron chi connectivity index (χ3n) is 18.9. The molecule has 0 spiro atoms. The highest BCUT2D eigenvalue weighted by Crippen LogP contribution is 2.20. The normalized spacial score (nSPS) is 13.0. The highest BCUT2D eigenvalue weighted by atomic mass is 16.7. The van der Waals surface area contributed by atoms with Crippen molar-refractivity contribution in [3.05, 3.63) is 85.1 Å². The van der Waals surface area contributed by atoms with Gasteiger partial charge in [-0.25, -0.2) is 0 Å². The van der Waals surface area contributed by atoms with Gasteiger partial charge in [-0.2, -0.15) is 0 Å². The summed E-state index contributed by atoms with van der Waals surface area (Å²) in [4.78, 5) is 37.7. The van der Waals surface area contributed by atoms with E-state index in [0.29, 0.717) is 23.9 Å². The number of allylic oxidation sites excluding steroid dienone is 14. The molecule has 0 aromatic rings. The maximum Gasteiger partial charge on any atom is 0.306 e. The number of ether oxygens (including phenoxy) is 4. The quantitative estimate of drug-likeness (QED) is 0.0195. The second-order valence-electron chi connectivity index (χ2n) is 29.8. The van der Waals surface area contributed by atoms with E-state index in [-0.39, 0.29) is 32.2 Å². The van der Waals surface area contributed by atoms with Gasteiger partial charge in [0.05, 0.1) is 40.3 Å². The van der Waals surface area contributed by atoms with E-state index in [0.717, 1.165) is 77.0 Å². The van der Waals surface area contributed by atoms with Gasteiger partial charge in [-0.3, -0.25) is 9.59 Å². The van der Waals surface area contributed by atoms with E-state index in [4.69, 9.17) is 18.9 Å². The molecule has 2 unspecified atom stereocenters. The van der Waals surface area contributed by atoms with Crippen LogP contribution in [0, 0.1) is 0 Å². The van der Waals surface area contributed by atoms with E-state index in [2.05, 4.69) is 98.9 Å². The predicted molar refractivity (Wildman–Crippen MR) is 421 cm³/mol. The van der Waals surface area contributed by atoms with Crippen LogP contribution in [-0.2, 0) is 33.3 Å². The minimum atomic E-state index is -1.62. The molecule has 0 radical (unpaired) electrons. The molecule has 0 fully saturated rings. The Morgan fingerprint density at radius 3 is 0.867 bits per heavy atom. The van der Waals surface area contributed by atoms with Gasteiger partial charge in [0.25, 0.3) is 0 Å². The molecule has 0 aliphatic rings. The standard InChI is InChI=1S/C89H161NO8/c1-6-8-10-12-14-16-18-20-22-24-26-28-30-32-34-36-38-40-42-43-44-45-46-48-50-52-54-56-58-60-62-64-66-68-70-72-74-76-78-80-87(92)98-85(84-97-89(88(93)94)95-82-81-90(3,4)5)83-96-86(91)79-77-75-73-71-69-67-65-63-61-59-57-55-53-51-49-47-41-39-37-35-33-31-29-27-25-23-21-19-17-15-13-11-9-7-2/h8,10,14,16,20,22,26,28,32,34,38,40,43-44,85,89H,6-7,9,11-13,15,17-19,21,23-25,27,29-31,33,35-37,39,41-42,45-84H2,1-5H3/b10-8-,16-14-,22-20-,28-26-,34-32-,40-38-,44-43-. The number of quaternary nitrogens is 1. The molecular formula is C89H161NO8. The Morgan fingerprint density at radius 2 is 0.582 bits per heavy atom. The van der Waals surface area contributed by atoms with Crippen molar-refractivity contribution >= 4 is 17.9 Å². The predicted octanol–water partition coefficient (Wildman–Crippen LogP) is 26.0. The Bertz CT molecular complexity index is 1890. The van der Waals surface area contributed by atoms with Crippen molar-refractivity contribution in [1.82, 2.24) is 0 Å². The van der Waals surface area contributed by atoms with Gasteiger partial charge in [-0.15, -0.1) is 0 Å². The fraction of sp³-hybridized carbons (Fsp3) is 0.809. The molecule has 0 amide bonds. The summed E-state index contributed by atoms with van der Waals surface area (Å²) in [6.07, 6.45) is 106. The van der Waals surface area contributed by atoms with Crippen LogP contribution in [0.1, 0.15) is 406 Å². The largest absolute Gasteiger partial charge is 0.545 e. The lowest BCUT2D eigenvalue weighted by Gasteiger charge is -2.26. The molecule has 2 atom stereocenters. The number of rotatable bonds is 79. The molecule has 0 aliphatic carbocycles. The van der Waals surface area contributed by atoms with Crippen LogP contribution < -0.4 is 5.11 Å². The molecule has 0 rings (SSSR count). The summed E-state index contributed by atoms with van der Waals surface area (Å²) < 4.78 is 22.9. The van der Waals surface area contributed by atoms with Crippen LogP contribution in [0.2, 0.25) is 0 Å². The topological polar surface area (TPSA) is 111 Å². The third kappa shape index (κ3) is 79.8. The first kappa shape index (κ1) is 94.5. The smallest absolute Gasteiger partial charge is 0.306 e. The Hall–Kier alpha value is -3.53. The number of carboxylic acid groups (broad SMARTS) is 1. The monoisotopic (exact) mass is 1370 g/mol. The maximum atomic E-state index is 13.0. The van der Waals surface area contributed by atoms with Crippen LogP contribution in [-0.4, -0.2) is 82.3 Å². The van der Waals surface area contributed by atoms with Crippen LogP contribution in [0.3, 0.4) is 0 Å². The highest BCUT2D eigenvalue weighted by Gasteiger charge is 2.22. The zero-order chi connectivity index (χ0) is 71.1. The summed E-state index contributed by atoms with van der Waals surface area (Å²) in [7, 11) is 5.95. The molecular weight excluding hydrogens is 1210 g/mol. The van der Waals surface area contributed by atoms with Gasteiger partial charge in [-0.05, 0) is 70.6 Å². The molecule has 0 heterocycles. The van der Waals surface area contributed by atoms with E-state index in [9.17, 15) is 19.5 Å². The van der Waals surface area contributed by atoms with Crippen LogP contribution in [0.25, 0.3) is 0 Å². The number of aliphatic carboxylic acids is 1. The molecule has 0 bridgehead atoms. The van der Waals surface area contributed by atoms with Crippen molar-refractivity contribution in [3.63, 3.8) is 0 Å². The number of likely N-dealkylation sites (N-methyl/N-ethyl adjacent to an activating group) is 1. The number of unbranched alkanes of at least 4 members (excludes halogenated alkanes) is 50. The summed E-state index contributed by atoms with van der Waals surface area (Å²) >= 11 is 0. The number of nitrogens with zero attached hydrogens (tertiary/aromatic N) is 1. The van der Waals surface area contributed by atoms with Gasteiger partial charge in [0.1, 0.15) is 13.2 Å². The van der Waals surface area contributed by atoms with Crippen LogP contribution in [0.4, 0.5) is 0 Å². The van der Waals surface area contributed by atoms with Gasteiger partial charge in [0.15, 0.2) is 12.4 Å². The first-order valence-corrected chi connectivity index (χ1v) is 42.2. The highest BCUT2D eigenvalue weighted by molar-refractivity contribution is 5.70. The summed E-state index contributed by atoms with van der Waals surface area (Å²) in [6.45, 7) is 4.70.